The molecule has 6 rings (SSSR count). The minimum absolute atomic E-state index is 0.200. The maximum absolute atomic E-state index is 5.89. The fraction of sp³-hybridized carbons (Fsp3) is 0.103. The summed E-state index contributed by atoms with van der Waals surface area (Å²) in [5.74, 6) is 0. The van der Waals surface area contributed by atoms with Crippen molar-refractivity contribution in [3.63, 3.8) is 0 Å². The third-order valence-corrected chi connectivity index (χ3v) is 8.09. The van der Waals surface area contributed by atoms with Gasteiger partial charge in [0.15, 0.2) is 10.3 Å². The molecule has 0 aliphatic carbocycles. The third kappa shape index (κ3) is 3.85. The first-order chi connectivity index (χ1) is 16.9. The highest BCUT2D eigenvalue weighted by Gasteiger charge is 2.25. The summed E-state index contributed by atoms with van der Waals surface area (Å²) >= 11 is 2.96. The Morgan fingerprint density at radius 3 is 2.14 bits per heavy atom. The highest BCUT2D eigenvalue weighted by molar-refractivity contribution is 7.14. The number of nitrogen functional groups attached to an aromatic ring is 2. The maximum atomic E-state index is 5.89. The number of anilines is 2. The molecule has 0 saturated heterocycles. The molecule has 172 valence electrons. The summed E-state index contributed by atoms with van der Waals surface area (Å²) < 4.78 is 0. The molecule has 0 fully saturated rings. The largest absolute Gasteiger partial charge is 0.375 e. The first-order valence-corrected chi connectivity index (χ1v) is 13.1. The van der Waals surface area contributed by atoms with Gasteiger partial charge in [0.05, 0.1) is 11.4 Å². The molecule has 6 aromatic rings. The van der Waals surface area contributed by atoms with Crippen molar-refractivity contribution in [2.24, 2.45) is 0 Å². The van der Waals surface area contributed by atoms with Crippen molar-refractivity contribution in [3.8, 4) is 22.4 Å². The number of rotatable bonds is 4. The Kier molecular flexibility index (Phi) is 5.09. The minimum atomic E-state index is -0.200. The second-order valence-corrected chi connectivity index (χ2v) is 11.1. The van der Waals surface area contributed by atoms with Crippen LogP contribution in [0, 0.1) is 0 Å². The van der Waals surface area contributed by atoms with Gasteiger partial charge < -0.3 is 11.5 Å². The van der Waals surface area contributed by atoms with Crippen molar-refractivity contribution < 1.29 is 0 Å². The summed E-state index contributed by atoms with van der Waals surface area (Å²) in [6, 6.07) is 26.3. The molecule has 6 heteroatoms. The van der Waals surface area contributed by atoms with Crippen LogP contribution in [0.25, 0.3) is 43.9 Å². The normalized spacial score (nSPS) is 11.9. The molecule has 4 nitrogen and oxygen atoms in total. The van der Waals surface area contributed by atoms with Gasteiger partial charge in [0.2, 0.25) is 0 Å². The number of thiazole rings is 2. The lowest BCUT2D eigenvalue weighted by atomic mass is 9.81. The fourth-order valence-corrected chi connectivity index (χ4v) is 5.93. The molecule has 2 heterocycles. The van der Waals surface area contributed by atoms with Gasteiger partial charge in [-0.25, -0.2) is 9.97 Å². The molecule has 0 aliphatic heterocycles. The first-order valence-electron chi connectivity index (χ1n) is 11.4. The van der Waals surface area contributed by atoms with Crippen LogP contribution in [0.5, 0.6) is 0 Å². The number of nitrogens with zero attached hydrogens (tertiary/aromatic N) is 2. The molecule has 0 bridgehead atoms. The molecular weight excluding hydrogens is 468 g/mol. The Labute approximate surface area is 211 Å². The van der Waals surface area contributed by atoms with Gasteiger partial charge in [0.25, 0.3) is 0 Å². The molecule has 0 saturated carbocycles. The highest BCUT2D eigenvalue weighted by Crippen LogP contribution is 2.36. The summed E-state index contributed by atoms with van der Waals surface area (Å²) in [6.45, 7) is 4.37. The highest BCUT2D eigenvalue weighted by atomic mass is 32.1. The van der Waals surface area contributed by atoms with Gasteiger partial charge in [-0.1, -0.05) is 68.4 Å². The molecule has 0 spiro atoms. The average molecular weight is 493 g/mol. The van der Waals surface area contributed by atoms with Gasteiger partial charge in [-0.2, -0.15) is 0 Å². The van der Waals surface area contributed by atoms with E-state index in [0.717, 1.165) is 17.0 Å². The van der Waals surface area contributed by atoms with Crippen LogP contribution in [0.1, 0.15) is 25.1 Å². The van der Waals surface area contributed by atoms with Crippen LogP contribution in [0.3, 0.4) is 0 Å². The van der Waals surface area contributed by atoms with Gasteiger partial charge in [-0.05, 0) is 56.4 Å². The van der Waals surface area contributed by atoms with E-state index < -0.39 is 0 Å². The van der Waals surface area contributed by atoms with Gasteiger partial charge in [0, 0.05) is 21.7 Å². The topological polar surface area (TPSA) is 77.8 Å². The van der Waals surface area contributed by atoms with Gasteiger partial charge in [-0.15, -0.1) is 22.7 Å². The summed E-state index contributed by atoms with van der Waals surface area (Å²) in [5, 5.41) is 10.1. The summed E-state index contributed by atoms with van der Waals surface area (Å²) in [6.07, 6.45) is 0. The number of hydrogen-bond donors (Lipinski definition) is 2. The molecule has 2 aromatic heterocycles. The van der Waals surface area contributed by atoms with Crippen molar-refractivity contribution in [3.05, 3.63) is 94.8 Å². The lowest BCUT2D eigenvalue weighted by molar-refractivity contribution is 0.622. The monoisotopic (exact) mass is 492 g/mol. The Balaban J connectivity index is 1.38. The van der Waals surface area contributed by atoms with Crippen LogP contribution in [0.15, 0.2) is 83.6 Å². The zero-order chi connectivity index (χ0) is 24.2. The Morgan fingerprint density at radius 1 is 0.686 bits per heavy atom. The van der Waals surface area contributed by atoms with E-state index >= 15 is 0 Å². The Morgan fingerprint density at radius 2 is 1.43 bits per heavy atom. The van der Waals surface area contributed by atoms with Crippen molar-refractivity contribution in [1.29, 1.82) is 0 Å². The van der Waals surface area contributed by atoms with E-state index in [1.165, 1.54) is 60.9 Å². The first kappa shape index (κ1) is 21.8. The quantitative estimate of drug-likeness (QED) is 0.247. The lowest BCUT2D eigenvalue weighted by Gasteiger charge is -2.23. The van der Waals surface area contributed by atoms with E-state index in [2.05, 4.69) is 96.6 Å². The third-order valence-electron chi connectivity index (χ3n) is 6.74. The van der Waals surface area contributed by atoms with E-state index in [9.17, 15) is 0 Å². The van der Waals surface area contributed by atoms with Crippen LogP contribution in [0.2, 0.25) is 0 Å². The molecule has 4 N–H and O–H groups in total. The number of aromatic nitrogens is 2. The molecule has 0 aliphatic rings. The predicted octanol–water partition coefficient (Wildman–Crippen LogP) is 7.73. The Bertz CT molecular complexity index is 1690. The summed E-state index contributed by atoms with van der Waals surface area (Å²) in [7, 11) is 0. The van der Waals surface area contributed by atoms with E-state index in [1.807, 2.05) is 10.8 Å². The van der Waals surface area contributed by atoms with Gasteiger partial charge >= 0.3 is 0 Å². The lowest BCUT2D eigenvalue weighted by Crippen LogP contribution is -2.19. The van der Waals surface area contributed by atoms with Crippen LogP contribution >= 0.6 is 22.7 Å². The molecule has 0 radical (unpaired) electrons. The second-order valence-electron chi connectivity index (χ2n) is 9.29. The fourth-order valence-electron chi connectivity index (χ4n) is 4.64. The van der Waals surface area contributed by atoms with Crippen LogP contribution < -0.4 is 11.5 Å². The van der Waals surface area contributed by atoms with E-state index in [4.69, 9.17) is 11.5 Å². The van der Waals surface area contributed by atoms with Crippen LogP contribution in [-0.4, -0.2) is 9.97 Å². The van der Waals surface area contributed by atoms with Crippen LogP contribution in [-0.2, 0) is 5.41 Å². The van der Waals surface area contributed by atoms with E-state index in [0.29, 0.717) is 10.3 Å². The number of benzene rings is 4. The average Bonchev–Trinajstić information content (AvgIpc) is 3.50. The minimum Gasteiger partial charge on any atom is -0.375 e. The smallest absolute Gasteiger partial charge is 0.180 e. The van der Waals surface area contributed by atoms with Crippen molar-refractivity contribution >= 4 is 54.5 Å². The summed E-state index contributed by atoms with van der Waals surface area (Å²) in [5.41, 5.74) is 18.2. The SMILES string of the molecule is CC(C)(c1ccc(-c2ccc3cc4c(-c5csc(N)n5)cccc4cc3c2)cc1)c1csc(N)n1. The van der Waals surface area contributed by atoms with E-state index in [1.54, 1.807) is 0 Å². The summed E-state index contributed by atoms with van der Waals surface area (Å²) in [4.78, 5) is 9.01. The van der Waals surface area contributed by atoms with Crippen molar-refractivity contribution in [2.45, 2.75) is 19.3 Å². The van der Waals surface area contributed by atoms with Gasteiger partial charge in [0.1, 0.15) is 0 Å². The van der Waals surface area contributed by atoms with Crippen LogP contribution in [0.4, 0.5) is 10.3 Å². The molecule has 0 atom stereocenters. The van der Waals surface area contributed by atoms with Gasteiger partial charge in [-0.3, -0.25) is 0 Å². The maximum Gasteiger partial charge on any atom is 0.180 e. The molecular formula is C29H24N4S2. The Hall–Kier alpha value is -3.74. The molecule has 0 amide bonds. The van der Waals surface area contributed by atoms with Crippen molar-refractivity contribution in [1.82, 2.24) is 9.97 Å². The van der Waals surface area contributed by atoms with Crippen molar-refractivity contribution in [2.75, 3.05) is 11.5 Å². The van der Waals surface area contributed by atoms with E-state index in [-0.39, 0.29) is 5.41 Å². The number of fused-ring (bicyclic) bond motifs is 2. The molecule has 4 aromatic carbocycles. The standard InChI is InChI=1S/C29H24N4S2/c1-29(2,26-16-35-28(31)33-26)22-10-8-17(9-11-22)18-6-7-19-14-24-20(13-21(19)12-18)4-3-5-23(24)25-15-34-27(30)32-25/h3-16H,1-2H3,(H2,30,32)(H2,31,33). The predicted molar refractivity (Wildman–Crippen MR) is 151 cm³/mol. The zero-order valence-electron chi connectivity index (χ0n) is 19.4. The molecule has 0 unspecified atom stereocenters. The number of nitrogens with two attached hydrogens (primary N) is 2. The number of hydrogen-bond acceptors (Lipinski definition) is 6. The zero-order valence-corrected chi connectivity index (χ0v) is 21.1. The molecule has 35 heavy (non-hydrogen) atoms. The second kappa shape index (κ2) is 8.18.